The summed E-state index contributed by atoms with van der Waals surface area (Å²) >= 11 is 4.89. The highest BCUT2D eigenvalue weighted by molar-refractivity contribution is 7.80. The van der Waals surface area contributed by atoms with Crippen molar-refractivity contribution in [1.82, 2.24) is 4.90 Å². The quantitative estimate of drug-likeness (QED) is 0.842. The minimum atomic E-state index is 0.294. The van der Waals surface area contributed by atoms with Gasteiger partial charge in [-0.1, -0.05) is 12.1 Å². The first-order valence-electron chi connectivity index (χ1n) is 8.00. The SMILES string of the molecule is Cc1cc(C2CCN(C(=O)C3CC3)CC2)ccc1NC(N)=S. The van der Waals surface area contributed by atoms with E-state index < -0.39 is 0 Å². The van der Waals surface area contributed by atoms with Crippen molar-refractivity contribution >= 4 is 28.9 Å². The van der Waals surface area contributed by atoms with E-state index in [1.807, 2.05) is 6.07 Å². The third-order valence-electron chi connectivity index (χ3n) is 4.71. The van der Waals surface area contributed by atoms with Crippen molar-refractivity contribution in [2.75, 3.05) is 18.4 Å². The Morgan fingerprint density at radius 2 is 1.95 bits per heavy atom. The zero-order valence-corrected chi connectivity index (χ0v) is 13.8. The Kier molecular flexibility index (Phi) is 4.34. The topological polar surface area (TPSA) is 58.4 Å². The van der Waals surface area contributed by atoms with Crippen LogP contribution in [0, 0.1) is 12.8 Å². The molecule has 0 atom stereocenters. The van der Waals surface area contributed by atoms with Crippen LogP contribution in [0.1, 0.15) is 42.7 Å². The summed E-state index contributed by atoms with van der Waals surface area (Å²) in [6.45, 7) is 3.85. The van der Waals surface area contributed by atoms with Crippen molar-refractivity contribution < 1.29 is 4.79 Å². The third-order valence-corrected chi connectivity index (χ3v) is 4.82. The Labute approximate surface area is 137 Å². The van der Waals surface area contributed by atoms with Crippen LogP contribution >= 0.6 is 12.2 Å². The highest BCUT2D eigenvalue weighted by Gasteiger charge is 2.35. The first-order chi connectivity index (χ1) is 10.5. The number of amides is 1. The molecular weight excluding hydrogens is 294 g/mol. The van der Waals surface area contributed by atoms with Gasteiger partial charge in [0.15, 0.2) is 5.11 Å². The lowest BCUT2D eigenvalue weighted by molar-refractivity contribution is -0.133. The van der Waals surface area contributed by atoms with Gasteiger partial charge >= 0.3 is 0 Å². The molecule has 5 heteroatoms. The van der Waals surface area contributed by atoms with E-state index in [9.17, 15) is 4.79 Å². The van der Waals surface area contributed by atoms with E-state index in [1.54, 1.807) is 0 Å². The molecule has 1 aliphatic carbocycles. The van der Waals surface area contributed by atoms with Crippen LogP contribution in [-0.2, 0) is 4.79 Å². The largest absolute Gasteiger partial charge is 0.376 e. The van der Waals surface area contributed by atoms with Crippen LogP contribution in [0.3, 0.4) is 0 Å². The summed E-state index contributed by atoms with van der Waals surface area (Å²) in [7, 11) is 0. The predicted octanol–water partition coefficient (Wildman–Crippen LogP) is 2.77. The maximum atomic E-state index is 12.1. The smallest absolute Gasteiger partial charge is 0.225 e. The molecule has 3 rings (SSSR count). The van der Waals surface area contributed by atoms with Gasteiger partial charge in [0.1, 0.15) is 0 Å². The summed E-state index contributed by atoms with van der Waals surface area (Å²) in [4.78, 5) is 14.2. The number of thiocarbonyl (C=S) groups is 1. The Morgan fingerprint density at radius 3 is 2.50 bits per heavy atom. The van der Waals surface area contributed by atoms with Crippen LogP contribution in [0.4, 0.5) is 5.69 Å². The summed E-state index contributed by atoms with van der Waals surface area (Å²) in [5, 5.41) is 3.30. The molecule has 0 bridgehead atoms. The molecule has 1 saturated heterocycles. The molecule has 3 N–H and O–H groups in total. The van der Waals surface area contributed by atoms with Crippen molar-refractivity contribution in [3.8, 4) is 0 Å². The molecule has 118 valence electrons. The summed E-state index contributed by atoms with van der Waals surface area (Å²) in [6, 6.07) is 6.41. The summed E-state index contributed by atoms with van der Waals surface area (Å²) in [5.74, 6) is 1.26. The molecule has 22 heavy (non-hydrogen) atoms. The lowest BCUT2D eigenvalue weighted by atomic mass is 9.88. The number of nitrogens with two attached hydrogens (primary N) is 1. The van der Waals surface area contributed by atoms with Gasteiger partial charge in [-0.3, -0.25) is 4.79 Å². The molecule has 0 unspecified atom stereocenters. The average Bonchev–Trinajstić information content (AvgIpc) is 3.33. The number of hydrogen-bond donors (Lipinski definition) is 2. The molecule has 0 radical (unpaired) electrons. The molecule has 1 heterocycles. The number of carbonyl (C=O) groups is 1. The van der Waals surface area contributed by atoms with Gasteiger partial charge in [0.05, 0.1) is 0 Å². The van der Waals surface area contributed by atoms with E-state index in [4.69, 9.17) is 18.0 Å². The Balaban J connectivity index is 1.62. The molecule has 1 aromatic carbocycles. The van der Waals surface area contributed by atoms with Crippen molar-refractivity contribution in [2.45, 2.75) is 38.5 Å². The van der Waals surface area contributed by atoms with Crippen LogP contribution in [0.2, 0.25) is 0 Å². The predicted molar refractivity (Wildman–Crippen MR) is 92.9 cm³/mol. The van der Waals surface area contributed by atoms with Crippen LogP contribution in [0.5, 0.6) is 0 Å². The van der Waals surface area contributed by atoms with E-state index in [2.05, 4.69) is 29.3 Å². The van der Waals surface area contributed by atoms with Gasteiger partial charge in [-0.15, -0.1) is 0 Å². The molecule has 1 saturated carbocycles. The van der Waals surface area contributed by atoms with Crippen LogP contribution in [0.25, 0.3) is 0 Å². The normalized spacial score (nSPS) is 19.0. The number of aryl methyl sites for hydroxylation is 1. The first kappa shape index (κ1) is 15.3. The minimum Gasteiger partial charge on any atom is -0.376 e. The van der Waals surface area contributed by atoms with Gasteiger partial charge in [-0.25, -0.2) is 0 Å². The summed E-state index contributed by atoms with van der Waals surface area (Å²) in [5.41, 5.74) is 9.01. The number of anilines is 1. The second-order valence-electron chi connectivity index (χ2n) is 6.44. The van der Waals surface area contributed by atoms with Gasteiger partial charge in [-0.05, 0) is 67.9 Å². The maximum Gasteiger partial charge on any atom is 0.225 e. The highest BCUT2D eigenvalue weighted by atomic mass is 32.1. The van der Waals surface area contributed by atoms with Crippen molar-refractivity contribution in [3.63, 3.8) is 0 Å². The standard InChI is InChI=1S/C17H23N3OS/c1-11-10-14(4-5-15(11)19-17(18)22)12-6-8-20(9-7-12)16(21)13-2-3-13/h4-5,10,12-13H,2-3,6-9H2,1H3,(H3,18,19,22). The second kappa shape index (κ2) is 6.24. The van der Waals surface area contributed by atoms with E-state index in [0.29, 0.717) is 22.9 Å². The van der Waals surface area contributed by atoms with Crippen molar-refractivity contribution in [1.29, 1.82) is 0 Å². The van der Waals surface area contributed by atoms with Crippen LogP contribution < -0.4 is 11.1 Å². The lowest BCUT2D eigenvalue weighted by Crippen LogP contribution is -2.38. The summed E-state index contributed by atoms with van der Waals surface area (Å²) in [6.07, 6.45) is 4.30. The summed E-state index contributed by atoms with van der Waals surface area (Å²) < 4.78 is 0. The molecule has 1 aromatic rings. The molecule has 0 aromatic heterocycles. The zero-order chi connectivity index (χ0) is 15.7. The van der Waals surface area contributed by atoms with Gasteiger partial charge < -0.3 is 16.0 Å². The second-order valence-corrected chi connectivity index (χ2v) is 6.88. The zero-order valence-electron chi connectivity index (χ0n) is 13.0. The molecular formula is C17H23N3OS. The van der Waals surface area contributed by atoms with Crippen molar-refractivity contribution in [2.24, 2.45) is 11.7 Å². The fourth-order valence-electron chi connectivity index (χ4n) is 3.24. The highest BCUT2D eigenvalue weighted by Crippen LogP contribution is 2.35. The van der Waals surface area contributed by atoms with Gasteiger partial charge in [-0.2, -0.15) is 0 Å². The number of nitrogens with one attached hydrogen (secondary N) is 1. The number of hydrogen-bond acceptors (Lipinski definition) is 2. The van der Waals surface area contributed by atoms with Gasteiger partial charge in [0.25, 0.3) is 0 Å². The molecule has 0 spiro atoms. The fourth-order valence-corrected chi connectivity index (χ4v) is 3.35. The van der Waals surface area contributed by atoms with E-state index in [0.717, 1.165) is 50.0 Å². The average molecular weight is 317 g/mol. The van der Waals surface area contributed by atoms with Crippen LogP contribution in [-0.4, -0.2) is 29.0 Å². The molecule has 1 aliphatic heterocycles. The van der Waals surface area contributed by atoms with E-state index >= 15 is 0 Å². The first-order valence-corrected chi connectivity index (χ1v) is 8.41. The van der Waals surface area contributed by atoms with E-state index in [-0.39, 0.29) is 0 Å². The lowest BCUT2D eigenvalue weighted by Gasteiger charge is -2.32. The molecule has 2 fully saturated rings. The molecule has 1 amide bonds. The number of carbonyl (C=O) groups excluding carboxylic acids is 1. The van der Waals surface area contributed by atoms with Gasteiger partial charge in [0.2, 0.25) is 5.91 Å². The van der Waals surface area contributed by atoms with E-state index in [1.165, 1.54) is 5.56 Å². The Hall–Kier alpha value is -1.62. The number of nitrogens with zero attached hydrogens (tertiary/aromatic N) is 1. The maximum absolute atomic E-state index is 12.1. The number of rotatable bonds is 3. The Bertz CT molecular complexity index is 590. The number of likely N-dealkylation sites (tertiary alicyclic amines) is 1. The third kappa shape index (κ3) is 3.40. The van der Waals surface area contributed by atoms with Gasteiger partial charge in [0, 0.05) is 24.7 Å². The Morgan fingerprint density at radius 1 is 1.27 bits per heavy atom. The monoisotopic (exact) mass is 317 g/mol. The number of benzene rings is 1. The molecule has 2 aliphatic rings. The number of piperidine rings is 1. The fraction of sp³-hybridized carbons (Fsp3) is 0.529. The van der Waals surface area contributed by atoms with Crippen LogP contribution in [0.15, 0.2) is 18.2 Å². The minimum absolute atomic E-state index is 0.294. The van der Waals surface area contributed by atoms with Crippen molar-refractivity contribution in [3.05, 3.63) is 29.3 Å². The molecule has 4 nitrogen and oxygen atoms in total.